The molecule has 0 fully saturated rings. The molecule has 0 aliphatic carbocycles. The highest BCUT2D eigenvalue weighted by Gasteiger charge is 2.20. The Morgan fingerprint density at radius 3 is 0.568 bits per heavy atom. The van der Waals surface area contributed by atoms with Gasteiger partial charge in [0.15, 0.2) is 0 Å². The molecule has 0 radical (unpaired) electrons. The Morgan fingerprint density at radius 1 is 0.227 bits per heavy atom. The van der Waals surface area contributed by atoms with Crippen molar-refractivity contribution in [3.63, 3.8) is 0 Å². The van der Waals surface area contributed by atoms with E-state index in [9.17, 15) is 0 Å². The summed E-state index contributed by atoms with van der Waals surface area (Å²) in [4.78, 5) is 19.1. The summed E-state index contributed by atoms with van der Waals surface area (Å²) in [6, 6.07) is 75.8. The van der Waals surface area contributed by atoms with Gasteiger partial charge >= 0.3 is 0 Å². The molecule has 426 valence electrons. The second-order valence-corrected chi connectivity index (χ2v) is 21.4. The Kier molecular flexibility index (Phi) is 16.1. The van der Waals surface area contributed by atoms with E-state index in [1.807, 2.05) is 48.5 Å². The maximum absolute atomic E-state index is 5.61. The maximum Gasteiger partial charge on any atom is 0.118 e. The molecule has 0 saturated carbocycles. The number of fused-ring (bicyclic) bond motifs is 8. The number of hydrogen-bond donors (Lipinski definition) is 2. The third-order valence-electron chi connectivity index (χ3n) is 15.9. The molecule has 11 aromatic rings. The fraction of sp³-hybridized carbons (Fsp3) is 0.0500. The molecule has 8 aromatic carbocycles. The Morgan fingerprint density at radius 2 is 0.398 bits per heavy atom. The maximum atomic E-state index is 5.61. The molecule has 2 aliphatic heterocycles. The van der Waals surface area contributed by atoms with E-state index in [-0.39, 0.29) is 0 Å². The summed E-state index contributed by atoms with van der Waals surface area (Å²) in [6.07, 6.45) is 25.6. The van der Waals surface area contributed by atoms with Gasteiger partial charge in [0, 0.05) is 44.3 Å². The van der Waals surface area contributed by atoms with E-state index in [0.717, 1.165) is 157 Å². The van der Waals surface area contributed by atoms with Gasteiger partial charge in [0.1, 0.15) is 23.0 Å². The van der Waals surface area contributed by atoms with Gasteiger partial charge in [-0.25, -0.2) is 9.97 Å². The lowest BCUT2D eigenvalue weighted by Gasteiger charge is -2.08. The molecule has 8 nitrogen and oxygen atoms in total. The summed E-state index contributed by atoms with van der Waals surface area (Å²) in [5.74, 6) is 3.30. The Bertz CT molecular complexity index is 4090. The van der Waals surface area contributed by atoms with Gasteiger partial charge in [-0.15, -0.1) is 0 Å². The van der Waals surface area contributed by atoms with Crippen LogP contribution in [0.3, 0.4) is 0 Å². The summed E-state index contributed by atoms with van der Waals surface area (Å²) in [6.45, 7) is 0. The summed E-state index contributed by atoms with van der Waals surface area (Å²) >= 11 is 0. The molecule has 13 rings (SSSR count). The standard InChI is InChI=1S/C80H62N4O4/c1-85-65-37-21-57(22-38-65)9-5-53-13-29-61(30-14-53)77-69-45-47-71(81-69)78(62-31-15-54(16-32-62)6-10-58-23-39-66(86-2)40-24-58)73-49-51-75(83-73)80(64-35-19-56(20-36-64)8-12-60-27-43-68(88-4)44-28-60)76-52-50-74(84-76)79(72-48-46-70(77)82-72)63-33-17-55(18-34-63)7-11-59-25-41-67(87-3)42-26-59/h5-52,81,84H,1-4H3/b9-5+,10-6+,11-7+,12-8+,77-69?,77-70?,78-71?,78-73?,79-72?,79-74?,80-75?,80-76?. The smallest absolute Gasteiger partial charge is 0.118 e. The lowest BCUT2D eigenvalue weighted by molar-refractivity contribution is 0.414. The molecule has 2 aliphatic rings. The van der Waals surface area contributed by atoms with E-state index in [0.29, 0.717) is 0 Å². The first kappa shape index (κ1) is 55.7. The van der Waals surface area contributed by atoms with Crippen molar-refractivity contribution >= 4 is 95.0 Å². The van der Waals surface area contributed by atoms with Gasteiger partial charge in [0.25, 0.3) is 0 Å². The number of H-pyrrole nitrogens is 2. The highest BCUT2D eigenvalue weighted by molar-refractivity contribution is 6.00. The van der Waals surface area contributed by atoms with E-state index >= 15 is 0 Å². The number of nitrogens with one attached hydrogen (secondary N) is 2. The Balaban J connectivity index is 0.996. The quantitative estimate of drug-likeness (QED) is 0.0936. The zero-order valence-electron chi connectivity index (χ0n) is 49.2. The summed E-state index contributed by atoms with van der Waals surface area (Å²) in [7, 11) is 6.74. The monoisotopic (exact) mass is 1140 g/mol. The molecular weight excluding hydrogens is 1080 g/mol. The van der Waals surface area contributed by atoms with Crippen molar-refractivity contribution in [1.29, 1.82) is 0 Å². The van der Waals surface area contributed by atoms with Crippen LogP contribution in [0.25, 0.3) is 139 Å². The summed E-state index contributed by atoms with van der Waals surface area (Å²) in [5, 5.41) is 0. The minimum atomic E-state index is 0.826. The average molecular weight is 1140 g/mol. The van der Waals surface area contributed by atoms with E-state index in [4.69, 9.17) is 28.9 Å². The molecule has 3 aromatic heterocycles. The average Bonchev–Trinajstić information content (AvgIpc) is 4.57. The lowest BCUT2D eigenvalue weighted by atomic mass is 10.0. The highest BCUT2D eigenvalue weighted by atomic mass is 16.5. The molecule has 88 heavy (non-hydrogen) atoms. The number of rotatable bonds is 16. The fourth-order valence-corrected chi connectivity index (χ4v) is 11.1. The van der Waals surface area contributed by atoms with Crippen LogP contribution in [-0.2, 0) is 0 Å². The number of aromatic nitrogens is 4. The first-order valence-electron chi connectivity index (χ1n) is 29.2. The van der Waals surface area contributed by atoms with Gasteiger partial charge in [-0.2, -0.15) is 0 Å². The first-order chi connectivity index (χ1) is 43.3. The minimum absolute atomic E-state index is 0.826. The van der Waals surface area contributed by atoms with E-state index in [1.54, 1.807) is 28.4 Å². The first-order valence-corrected chi connectivity index (χ1v) is 29.2. The van der Waals surface area contributed by atoms with Crippen LogP contribution in [0.4, 0.5) is 0 Å². The van der Waals surface area contributed by atoms with Gasteiger partial charge in [-0.3, -0.25) is 0 Å². The zero-order chi connectivity index (χ0) is 59.8. The summed E-state index contributed by atoms with van der Waals surface area (Å²) in [5.41, 5.74) is 23.5. The van der Waals surface area contributed by atoms with Gasteiger partial charge in [0.05, 0.1) is 51.2 Å². The molecule has 5 heterocycles. The summed E-state index contributed by atoms with van der Waals surface area (Å²) < 4.78 is 21.6. The lowest BCUT2D eigenvalue weighted by Crippen LogP contribution is -1.90. The predicted molar refractivity (Wildman–Crippen MR) is 368 cm³/mol. The van der Waals surface area contributed by atoms with Crippen LogP contribution in [0.2, 0.25) is 0 Å². The van der Waals surface area contributed by atoms with Crippen LogP contribution in [0, 0.1) is 0 Å². The fourth-order valence-electron chi connectivity index (χ4n) is 11.1. The molecule has 0 spiro atoms. The third kappa shape index (κ3) is 12.4. The second-order valence-electron chi connectivity index (χ2n) is 21.4. The molecular formula is C80H62N4O4. The zero-order valence-corrected chi connectivity index (χ0v) is 49.2. The molecule has 0 unspecified atom stereocenters. The third-order valence-corrected chi connectivity index (χ3v) is 15.9. The van der Waals surface area contributed by atoms with Crippen LogP contribution in [0.1, 0.15) is 67.3 Å². The van der Waals surface area contributed by atoms with Gasteiger partial charge < -0.3 is 28.9 Å². The van der Waals surface area contributed by atoms with E-state index < -0.39 is 0 Å². The molecule has 2 N–H and O–H groups in total. The van der Waals surface area contributed by atoms with Crippen LogP contribution >= 0.6 is 0 Å². The SMILES string of the molecule is COc1ccc(/C=C/c2ccc(-c3c4nc(c(-c5ccc(/C=C/c6ccc(OC)cc6)cc5)c5ccc([nH]5)c(-c5ccc(/C=C/c6ccc(OC)cc6)cc5)c5nc(c(-c6ccc(/C=C/c7ccc(OC)cc7)cc6)c6ccc3[nH]6)C=C5)C=C4)cc2)cc1. The number of aromatic amines is 2. The second kappa shape index (κ2) is 25.4. The molecule has 0 amide bonds. The molecule has 0 atom stereocenters. The van der Waals surface area contributed by atoms with E-state index in [2.05, 4.69) is 253 Å². The van der Waals surface area contributed by atoms with Gasteiger partial charge in [-0.05, 0) is 164 Å². The van der Waals surface area contributed by atoms with E-state index in [1.165, 1.54) is 0 Å². The topological polar surface area (TPSA) is 94.3 Å². The molecule has 8 heteroatoms. The number of hydrogen-bond acceptors (Lipinski definition) is 6. The van der Waals surface area contributed by atoms with Gasteiger partial charge in [0.2, 0.25) is 0 Å². The largest absolute Gasteiger partial charge is 0.497 e. The van der Waals surface area contributed by atoms with Crippen molar-refractivity contribution in [2.45, 2.75) is 0 Å². The number of ether oxygens (including phenoxy) is 4. The van der Waals surface area contributed by atoms with Crippen molar-refractivity contribution in [3.8, 4) is 67.5 Å². The predicted octanol–water partition coefficient (Wildman–Crippen LogP) is 20.0. The Hall–Kier alpha value is -11.5. The van der Waals surface area contributed by atoms with Crippen molar-refractivity contribution in [2.75, 3.05) is 28.4 Å². The van der Waals surface area contributed by atoms with Crippen molar-refractivity contribution in [2.24, 2.45) is 0 Å². The van der Waals surface area contributed by atoms with Crippen LogP contribution in [0.5, 0.6) is 23.0 Å². The van der Waals surface area contributed by atoms with Crippen LogP contribution in [0.15, 0.2) is 218 Å². The van der Waals surface area contributed by atoms with Crippen molar-refractivity contribution in [1.82, 2.24) is 19.9 Å². The number of nitrogens with zero attached hydrogens (tertiary/aromatic N) is 2. The molecule has 0 saturated heterocycles. The Labute approximate surface area is 512 Å². The van der Waals surface area contributed by atoms with Crippen molar-refractivity contribution < 1.29 is 18.9 Å². The van der Waals surface area contributed by atoms with Crippen LogP contribution < -0.4 is 18.9 Å². The number of benzene rings is 8. The molecule has 8 bridgehead atoms. The normalized spacial score (nSPS) is 12.0. The van der Waals surface area contributed by atoms with Crippen molar-refractivity contribution in [3.05, 3.63) is 286 Å². The van der Waals surface area contributed by atoms with Gasteiger partial charge in [-0.1, -0.05) is 194 Å². The van der Waals surface area contributed by atoms with Crippen LogP contribution in [-0.4, -0.2) is 48.4 Å². The minimum Gasteiger partial charge on any atom is -0.497 e. The number of methoxy groups -OCH3 is 4. The highest BCUT2D eigenvalue weighted by Crippen LogP contribution is 2.39.